The lowest BCUT2D eigenvalue weighted by Gasteiger charge is -2.10. The van der Waals surface area contributed by atoms with Crippen molar-refractivity contribution >= 4 is 10.1 Å². The van der Waals surface area contributed by atoms with E-state index in [1.807, 2.05) is 12.1 Å². The van der Waals surface area contributed by atoms with Crippen molar-refractivity contribution in [3.8, 4) is 17.6 Å². The summed E-state index contributed by atoms with van der Waals surface area (Å²) in [6.07, 6.45) is 0.666. The molecule has 3 aromatic carbocycles. The first kappa shape index (κ1) is 18.5. The van der Waals surface area contributed by atoms with Crippen LogP contribution in [0.2, 0.25) is 0 Å². The third-order valence-corrected chi connectivity index (χ3v) is 5.05. The van der Waals surface area contributed by atoms with Crippen LogP contribution in [0, 0.1) is 11.3 Å². The Morgan fingerprint density at radius 1 is 0.852 bits per heavy atom. The number of hydrogen-bond donors (Lipinski definition) is 0. The fraction of sp³-hybridized carbons (Fsp3) is 0.0952. The third kappa shape index (κ3) is 5.09. The van der Waals surface area contributed by atoms with Gasteiger partial charge in [-0.25, -0.2) is 0 Å². The molecule has 0 amide bonds. The number of nitriles is 1. The van der Waals surface area contributed by atoms with Crippen molar-refractivity contribution in [2.75, 3.05) is 6.61 Å². The Labute approximate surface area is 158 Å². The summed E-state index contributed by atoms with van der Waals surface area (Å²) >= 11 is 0. The van der Waals surface area contributed by atoms with Crippen LogP contribution in [0.5, 0.6) is 11.5 Å². The standard InChI is InChI=1S/C21H17NO4S/c22-16-18-11-9-17(10-12-18)13-14-25-19-5-4-6-20(15-19)26-27(23,24)21-7-2-1-3-8-21/h1-12,15H,13-14H2. The molecule has 0 bridgehead atoms. The zero-order chi connectivity index (χ0) is 19.1. The summed E-state index contributed by atoms with van der Waals surface area (Å²) in [4.78, 5) is 0.0946. The van der Waals surface area contributed by atoms with Crippen molar-refractivity contribution < 1.29 is 17.3 Å². The lowest BCUT2D eigenvalue weighted by atomic mass is 10.1. The zero-order valence-electron chi connectivity index (χ0n) is 14.4. The van der Waals surface area contributed by atoms with Crippen LogP contribution in [0.4, 0.5) is 0 Å². The molecular formula is C21H17NO4S. The molecule has 6 heteroatoms. The Morgan fingerprint density at radius 2 is 1.56 bits per heavy atom. The summed E-state index contributed by atoms with van der Waals surface area (Å²) in [7, 11) is -3.88. The molecule has 0 aromatic heterocycles. The second kappa shape index (κ2) is 8.39. The molecule has 0 fully saturated rings. The van der Waals surface area contributed by atoms with E-state index in [2.05, 4.69) is 6.07 Å². The van der Waals surface area contributed by atoms with Crippen LogP contribution >= 0.6 is 0 Å². The van der Waals surface area contributed by atoms with Crippen LogP contribution in [0.3, 0.4) is 0 Å². The van der Waals surface area contributed by atoms with E-state index >= 15 is 0 Å². The van der Waals surface area contributed by atoms with E-state index in [0.29, 0.717) is 24.3 Å². The maximum Gasteiger partial charge on any atom is 0.339 e. The van der Waals surface area contributed by atoms with E-state index < -0.39 is 10.1 Å². The van der Waals surface area contributed by atoms with Crippen LogP contribution in [-0.2, 0) is 16.5 Å². The van der Waals surface area contributed by atoms with E-state index in [0.717, 1.165) is 5.56 Å². The molecule has 3 aromatic rings. The number of ether oxygens (including phenoxy) is 1. The van der Waals surface area contributed by atoms with E-state index in [9.17, 15) is 8.42 Å². The number of rotatable bonds is 7. The van der Waals surface area contributed by atoms with Gasteiger partial charge >= 0.3 is 10.1 Å². The van der Waals surface area contributed by atoms with Gasteiger partial charge in [0.2, 0.25) is 0 Å². The van der Waals surface area contributed by atoms with Crippen molar-refractivity contribution in [2.45, 2.75) is 11.3 Å². The van der Waals surface area contributed by atoms with Crippen LogP contribution < -0.4 is 8.92 Å². The molecule has 0 saturated carbocycles. The molecule has 5 nitrogen and oxygen atoms in total. The first-order valence-electron chi connectivity index (χ1n) is 8.28. The first-order chi connectivity index (χ1) is 13.1. The van der Waals surface area contributed by atoms with E-state index in [1.165, 1.54) is 12.1 Å². The van der Waals surface area contributed by atoms with E-state index in [1.54, 1.807) is 54.6 Å². The van der Waals surface area contributed by atoms with Crippen LogP contribution in [0.15, 0.2) is 83.8 Å². The van der Waals surface area contributed by atoms with Gasteiger partial charge in [-0.3, -0.25) is 0 Å². The highest BCUT2D eigenvalue weighted by Gasteiger charge is 2.16. The molecule has 0 aliphatic heterocycles. The molecule has 0 N–H and O–H groups in total. The fourth-order valence-corrected chi connectivity index (χ4v) is 3.35. The van der Waals surface area contributed by atoms with Gasteiger partial charge in [0.25, 0.3) is 0 Å². The van der Waals surface area contributed by atoms with Gasteiger partial charge in [-0.15, -0.1) is 0 Å². The number of hydrogen-bond acceptors (Lipinski definition) is 5. The van der Waals surface area contributed by atoms with E-state index in [4.69, 9.17) is 14.2 Å². The molecule has 27 heavy (non-hydrogen) atoms. The molecule has 0 aliphatic rings. The zero-order valence-corrected chi connectivity index (χ0v) is 15.2. The predicted octanol–water partition coefficient (Wildman–Crippen LogP) is 3.95. The van der Waals surface area contributed by atoms with Crippen LogP contribution in [-0.4, -0.2) is 15.0 Å². The Morgan fingerprint density at radius 3 is 2.26 bits per heavy atom. The van der Waals surface area contributed by atoms with Crippen molar-refractivity contribution in [2.24, 2.45) is 0 Å². The molecule has 0 heterocycles. The van der Waals surface area contributed by atoms with Gasteiger partial charge in [0, 0.05) is 12.5 Å². The Bertz CT molecular complexity index is 1040. The van der Waals surface area contributed by atoms with Gasteiger partial charge in [0.15, 0.2) is 0 Å². The summed E-state index contributed by atoms with van der Waals surface area (Å²) in [6, 6.07) is 23.9. The van der Waals surface area contributed by atoms with Gasteiger partial charge in [0.05, 0.1) is 18.2 Å². The Hall–Kier alpha value is -3.30. The van der Waals surface area contributed by atoms with E-state index in [-0.39, 0.29) is 10.6 Å². The highest BCUT2D eigenvalue weighted by molar-refractivity contribution is 7.87. The van der Waals surface area contributed by atoms with Crippen molar-refractivity contribution in [3.63, 3.8) is 0 Å². The first-order valence-corrected chi connectivity index (χ1v) is 9.69. The monoisotopic (exact) mass is 379 g/mol. The minimum Gasteiger partial charge on any atom is -0.493 e. The topological polar surface area (TPSA) is 76.4 Å². The summed E-state index contributed by atoms with van der Waals surface area (Å²) < 4.78 is 35.4. The smallest absolute Gasteiger partial charge is 0.339 e. The summed E-state index contributed by atoms with van der Waals surface area (Å²) in [5, 5.41) is 8.80. The fourth-order valence-electron chi connectivity index (χ4n) is 2.41. The summed E-state index contributed by atoms with van der Waals surface area (Å²) in [5.41, 5.74) is 1.66. The molecule has 0 aliphatic carbocycles. The quantitative estimate of drug-likeness (QED) is 0.581. The molecule has 136 valence electrons. The highest BCUT2D eigenvalue weighted by Crippen LogP contribution is 2.23. The molecule has 0 radical (unpaired) electrons. The van der Waals surface area contributed by atoms with Gasteiger partial charge in [-0.1, -0.05) is 36.4 Å². The Kier molecular flexibility index (Phi) is 5.74. The third-order valence-electron chi connectivity index (χ3n) is 3.79. The van der Waals surface area contributed by atoms with Crippen molar-refractivity contribution in [3.05, 3.63) is 90.0 Å². The number of nitrogens with zero attached hydrogens (tertiary/aromatic N) is 1. The van der Waals surface area contributed by atoms with Gasteiger partial charge in [-0.05, 0) is 42.0 Å². The SMILES string of the molecule is N#Cc1ccc(CCOc2cccc(OS(=O)(=O)c3ccccc3)c2)cc1. The average molecular weight is 379 g/mol. The molecule has 3 rings (SSSR count). The maximum absolute atomic E-state index is 12.3. The van der Waals surface area contributed by atoms with Crippen molar-refractivity contribution in [1.29, 1.82) is 5.26 Å². The largest absolute Gasteiger partial charge is 0.493 e. The molecule has 0 spiro atoms. The molecule has 0 saturated heterocycles. The summed E-state index contributed by atoms with van der Waals surface area (Å²) in [6.45, 7) is 0.417. The molecule has 0 atom stereocenters. The minimum absolute atomic E-state index is 0.0946. The molecular weight excluding hydrogens is 362 g/mol. The lowest BCUT2D eigenvalue weighted by molar-refractivity contribution is 0.321. The second-order valence-corrected chi connectivity index (χ2v) is 7.28. The average Bonchev–Trinajstić information content (AvgIpc) is 2.69. The van der Waals surface area contributed by atoms with Crippen molar-refractivity contribution in [1.82, 2.24) is 0 Å². The van der Waals surface area contributed by atoms with Gasteiger partial charge in [0.1, 0.15) is 16.4 Å². The van der Waals surface area contributed by atoms with Gasteiger partial charge in [-0.2, -0.15) is 13.7 Å². The Balaban J connectivity index is 1.61. The maximum atomic E-state index is 12.3. The van der Waals surface area contributed by atoms with Crippen LogP contribution in [0.25, 0.3) is 0 Å². The predicted molar refractivity (Wildman–Crippen MR) is 101 cm³/mol. The number of benzene rings is 3. The van der Waals surface area contributed by atoms with Gasteiger partial charge < -0.3 is 8.92 Å². The normalized spacial score (nSPS) is 10.8. The highest BCUT2D eigenvalue weighted by atomic mass is 32.2. The molecule has 0 unspecified atom stereocenters. The summed E-state index contributed by atoms with van der Waals surface area (Å²) in [5.74, 6) is 0.708. The second-order valence-electron chi connectivity index (χ2n) is 5.73. The lowest BCUT2D eigenvalue weighted by Crippen LogP contribution is -2.09. The minimum atomic E-state index is -3.88. The van der Waals surface area contributed by atoms with Crippen LogP contribution in [0.1, 0.15) is 11.1 Å².